The molecule has 0 bridgehead atoms. The molecule has 1 aliphatic rings. The topological polar surface area (TPSA) is 98.7 Å². The number of anilines is 1. The molecule has 0 aliphatic carbocycles. The van der Waals surface area contributed by atoms with Crippen molar-refractivity contribution in [1.82, 2.24) is 4.90 Å². The highest BCUT2D eigenvalue weighted by molar-refractivity contribution is 5.69. The summed E-state index contributed by atoms with van der Waals surface area (Å²) in [4.78, 5) is 22.8. The summed E-state index contributed by atoms with van der Waals surface area (Å²) >= 11 is 0. The molecule has 0 unspecified atom stereocenters. The molecule has 0 spiro atoms. The van der Waals surface area contributed by atoms with E-state index in [9.17, 15) is 14.9 Å². The summed E-state index contributed by atoms with van der Waals surface area (Å²) in [6.07, 6.45) is -0.399. The van der Waals surface area contributed by atoms with E-state index in [4.69, 9.17) is 10.5 Å². The van der Waals surface area contributed by atoms with Crippen molar-refractivity contribution in [3.05, 3.63) is 33.9 Å². The summed E-state index contributed by atoms with van der Waals surface area (Å²) in [6, 6.07) is 4.50. The van der Waals surface area contributed by atoms with E-state index < -0.39 is 11.0 Å². The summed E-state index contributed by atoms with van der Waals surface area (Å²) in [6.45, 7) is 1.15. The molecule has 17 heavy (non-hydrogen) atoms. The Kier molecular flexibility index (Phi) is 2.82. The normalized spacial score (nSPS) is 14.8. The third-order valence-corrected chi connectivity index (χ3v) is 2.51. The third-order valence-electron chi connectivity index (χ3n) is 2.51. The highest BCUT2D eigenvalue weighted by atomic mass is 16.6. The summed E-state index contributed by atoms with van der Waals surface area (Å²) < 4.78 is 4.77. The van der Waals surface area contributed by atoms with Crippen LogP contribution in [0.2, 0.25) is 0 Å². The van der Waals surface area contributed by atoms with Gasteiger partial charge in [-0.15, -0.1) is 0 Å². The molecular weight excluding hydrogens is 226 g/mol. The number of rotatable bonds is 3. The lowest BCUT2D eigenvalue weighted by atomic mass is 10.1. The van der Waals surface area contributed by atoms with E-state index >= 15 is 0 Å². The van der Waals surface area contributed by atoms with Crippen LogP contribution in [0.3, 0.4) is 0 Å². The number of nitrogens with zero attached hydrogens (tertiary/aromatic N) is 2. The zero-order valence-corrected chi connectivity index (χ0v) is 8.96. The van der Waals surface area contributed by atoms with E-state index in [0.717, 1.165) is 0 Å². The van der Waals surface area contributed by atoms with Gasteiger partial charge >= 0.3 is 6.09 Å². The fourth-order valence-corrected chi connectivity index (χ4v) is 1.64. The predicted molar refractivity (Wildman–Crippen MR) is 59.3 cm³/mol. The van der Waals surface area contributed by atoms with Crippen molar-refractivity contribution in [2.75, 3.05) is 18.9 Å². The number of carbonyl (C=O) groups excluding carboxylic acids is 1. The van der Waals surface area contributed by atoms with Crippen LogP contribution in [0, 0.1) is 10.1 Å². The van der Waals surface area contributed by atoms with Crippen LogP contribution in [0.15, 0.2) is 18.2 Å². The first-order chi connectivity index (χ1) is 8.08. The maximum Gasteiger partial charge on any atom is 0.410 e. The molecule has 1 aromatic carbocycles. The molecule has 1 saturated heterocycles. The van der Waals surface area contributed by atoms with E-state index in [1.807, 2.05) is 0 Å². The SMILES string of the molecule is Nc1ccc(CN2CCOC2=O)cc1[N+](=O)[O-]. The van der Waals surface area contributed by atoms with E-state index in [-0.39, 0.29) is 11.4 Å². The van der Waals surface area contributed by atoms with Crippen molar-refractivity contribution in [2.45, 2.75) is 6.54 Å². The largest absolute Gasteiger partial charge is 0.448 e. The van der Waals surface area contributed by atoms with Crippen molar-refractivity contribution < 1.29 is 14.5 Å². The van der Waals surface area contributed by atoms with Gasteiger partial charge in [0.25, 0.3) is 5.69 Å². The second-order valence-electron chi connectivity index (χ2n) is 3.69. The van der Waals surface area contributed by atoms with Crippen molar-refractivity contribution in [2.24, 2.45) is 0 Å². The molecule has 1 aliphatic heterocycles. The molecule has 0 atom stereocenters. The first-order valence-corrected chi connectivity index (χ1v) is 5.02. The van der Waals surface area contributed by atoms with Crippen LogP contribution in [-0.2, 0) is 11.3 Å². The Morgan fingerprint density at radius 2 is 2.29 bits per heavy atom. The summed E-state index contributed by atoms with van der Waals surface area (Å²) in [5.41, 5.74) is 6.11. The number of nitrogens with two attached hydrogens (primary N) is 1. The molecule has 90 valence electrons. The number of hydrogen-bond acceptors (Lipinski definition) is 5. The average molecular weight is 237 g/mol. The number of ether oxygens (including phenoxy) is 1. The van der Waals surface area contributed by atoms with E-state index in [1.165, 1.54) is 17.0 Å². The van der Waals surface area contributed by atoms with Crippen molar-refractivity contribution in [1.29, 1.82) is 0 Å². The summed E-state index contributed by atoms with van der Waals surface area (Å²) in [5.74, 6) is 0. The maximum atomic E-state index is 11.2. The van der Waals surface area contributed by atoms with Gasteiger partial charge in [-0.3, -0.25) is 10.1 Å². The van der Waals surface area contributed by atoms with Gasteiger partial charge in [-0.05, 0) is 11.6 Å². The van der Waals surface area contributed by atoms with Gasteiger partial charge in [0.15, 0.2) is 0 Å². The Balaban J connectivity index is 2.19. The zero-order chi connectivity index (χ0) is 12.4. The molecule has 7 heteroatoms. The highest BCUT2D eigenvalue weighted by Crippen LogP contribution is 2.23. The standard InChI is InChI=1S/C10H11N3O4/c11-8-2-1-7(5-9(8)13(15)16)6-12-3-4-17-10(12)14/h1-2,5H,3-4,6,11H2. The Bertz CT molecular complexity index is 475. The molecule has 0 radical (unpaired) electrons. The highest BCUT2D eigenvalue weighted by Gasteiger charge is 2.22. The van der Waals surface area contributed by atoms with E-state index in [2.05, 4.69) is 0 Å². The van der Waals surface area contributed by atoms with Gasteiger partial charge in [-0.2, -0.15) is 0 Å². The van der Waals surface area contributed by atoms with Gasteiger partial charge in [-0.1, -0.05) is 6.07 Å². The van der Waals surface area contributed by atoms with Crippen LogP contribution in [0.4, 0.5) is 16.2 Å². The number of hydrogen-bond donors (Lipinski definition) is 1. The minimum Gasteiger partial charge on any atom is -0.448 e. The summed E-state index contributed by atoms with van der Waals surface area (Å²) in [7, 11) is 0. The molecule has 7 nitrogen and oxygen atoms in total. The summed E-state index contributed by atoms with van der Waals surface area (Å²) in [5, 5.41) is 10.7. The molecule has 1 heterocycles. The lowest BCUT2D eigenvalue weighted by molar-refractivity contribution is -0.384. The van der Waals surface area contributed by atoms with Gasteiger partial charge in [0.05, 0.1) is 11.5 Å². The van der Waals surface area contributed by atoms with Gasteiger partial charge in [0, 0.05) is 12.6 Å². The fraction of sp³-hybridized carbons (Fsp3) is 0.300. The first-order valence-electron chi connectivity index (χ1n) is 5.02. The number of nitrogen functional groups attached to an aromatic ring is 1. The molecule has 0 aromatic heterocycles. The smallest absolute Gasteiger partial charge is 0.410 e. The van der Waals surface area contributed by atoms with Crippen LogP contribution >= 0.6 is 0 Å². The molecule has 1 fully saturated rings. The van der Waals surface area contributed by atoms with E-state index in [1.54, 1.807) is 6.07 Å². The van der Waals surface area contributed by atoms with Crippen LogP contribution in [0.25, 0.3) is 0 Å². The number of amides is 1. The predicted octanol–water partition coefficient (Wildman–Crippen LogP) is 1.13. The quantitative estimate of drug-likeness (QED) is 0.482. The molecule has 1 aromatic rings. The zero-order valence-electron chi connectivity index (χ0n) is 8.96. The lowest BCUT2D eigenvalue weighted by Crippen LogP contribution is -2.23. The average Bonchev–Trinajstić information content (AvgIpc) is 2.67. The van der Waals surface area contributed by atoms with Gasteiger partial charge in [0.2, 0.25) is 0 Å². The Hall–Kier alpha value is -2.31. The number of carbonyl (C=O) groups is 1. The molecular formula is C10H11N3O4. The Morgan fingerprint density at radius 3 is 2.88 bits per heavy atom. The van der Waals surface area contributed by atoms with Gasteiger partial charge in [0.1, 0.15) is 12.3 Å². The van der Waals surface area contributed by atoms with Crippen LogP contribution in [0.1, 0.15) is 5.56 Å². The molecule has 2 rings (SSSR count). The lowest BCUT2D eigenvalue weighted by Gasteiger charge is -2.12. The number of nitro groups is 1. The van der Waals surface area contributed by atoms with Crippen molar-refractivity contribution in [3.8, 4) is 0 Å². The van der Waals surface area contributed by atoms with Crippen LogP contribution < -0.4 is 5.73 Å². The number of benzene rings is 1. The minimum atomic E-state index is -0.541. The molecule has 2 N–H and O–H groups in total. The fourth-order valence-electron chi connectivity index (χ4n) is 1.64. The monoisotopic (exact) mass is 237 g/mol. The van der Waals surface area contributed by atoms with Crippen molar-refractivity contribution >= 4 is 17.5 Å². The van der Waals surface area contributed by atoms with Gasteiger partial charge < -0.3 is 15.4 Å². The molecule has 0 saturated carbocycles. The van der Waals surface area contributed by atoms with Crippen LogP contribution in [-0.4, -0.2) is 29.1 Å². The number of nitro benzene ring substituents is 1. The minimum absolute atomic E-state index is 0.114. The Morgan fingerprint density at radius 1 is 1.53 bits per heavy atom. The maximum absolute atomic E-state index is 11.2. The second-order valence-corrected chi connectivity index (χ2v) is 3.69. The van der Waals surface area contributed by atoms with Crippen molar-refractivity contribution in [3.63, 3.8) is 0 Å². The first kappa shape index (κ1) is 11.2. The second kappa shape index (κ2) is 4.28. The van der Waals surface area contributed by atoms with Crippen LogP contribution in [0.5, 0.6) is 0 Å². The van der Waals surface area contributed by atoms with Gasteiger partial charge in [-0.25, -0.2) is 4.79 Å². The van der Waals surface area contributed by atoms with E-state index in [0.29, 0.717) is 25.3 Å². The molecule has 1 amide bonds. The third kappa shape index (κ3) is 2.27. The Labute approximate surface area is 96.9 Å². The number of cyclic esters (lactones) is 1.